The van der Waals surface area contributed by atoms with Crippen LogP contribution < -0.4 is 11.1 Å². The third kappa shape index (κ3) is 8.75. The topological polar surface area (TPSA) is 165 Å². The summed E-state index contributed by atoms with van der Waals surface area (Å²) < 4.78 is 17.8. The monoisotopic (exact) mass is 657 g/mol. The molecule has 0 saturated carbocycles. The average molecular weight is 658 g/mol. The van der Waals surface area contributed by atoms with Gasteiger partial charge in [-0.3, -0.25) is 4.79 Å². The highest BCUT2D eigenvalue weighted by molar-refractivity contribution is 6.06. The fourth-order valence-electron chi connectivity index (χ4n) is 4.71. The van der Waals surface area contributed by atoms with E-state index >= 15 is 0 Å². The molecule has 0 unspecified atom stereocenters. The van der Waals surface area contributed by atoms with E-state index < -0.39 is 46.8 Å². The third-order valence-electron chi connectivity index (χ3n) is 6.65. The van der Waals surface area contributed by atoms with Crippen LogP contribution in [0.5, 0.6) is 0 Å². The summed E-state index contributed by atoms with van der Waals surface area (Å²) >= 11 is 0. The van der Waals surface area contributed by atoms with Gasteiger partial charge in [0.25, 0.3) is 0 Å². The lowest BCUT2D eigenvalue weighted by molar-refractivity contribution is 0.00688. The van der Waals surface area contributed by atoms with Gasteiger partial charge >= 0.3 is 18.2 Å². The van der Waals surface area contributed by atoms with Crippen molar-refractivity contribution in [3.63, 3.8) is 0 Å². The van der Waals surface area contributed by atoms with Crippen LogP contribution in [-0.4, -0.2) is 61.3 Å². The summed E-state index contributed by atoms with van der Waals surface area (Å²) in [5.74, 6) is -0.840. The number of hydrogen-bond acceptors (Lipinski definition) is 10. The number of alkyl carbamates (subject to hydrolysis) is 1. The molecule has 4 aromatic rings. The maximum Gasteiger partial charge on any atom is 0.420 e. The molecule has 3 heterocycles. The van der Waals surface area contributed by atoms with Crippen molar-refractivity contribution in [3.8, 4) is 22.3 Å². The van der Waals surface area contributed by atoms with Crippen LogP contribution in [-0.2, 0) is 14.2 Å². The van der Waals surface area contributed by atoms with E-state index in [1.807, 2.05) is 0 Å². The van der Waals surface area contributed by atoms with E-state index in [0.29, 0.717) is 38.9 Å². The molecule has 3 aromatic heterocycles. The Balaban J connectivity index is 1.82. The van der Waals surface area contributed by atoms with Crippen molar-refractivity contribution >= 4 is 40.8 Å². The van der Waals surface area contributed by atoms with Gasteiger partial charge in [-0.2, -0.15) is 0 Å². The maximum absolute atomic E-state index is 13.6. The highest BCUT2D eigenvalue weighted by Gasteiger charge is 2.27. The molecule has 48 heavy (non-hydrogen) atoms. The van der Waals surface area contributed by atoms with Crippen LogP contribution in [0.3, 0.4) is 0 Å². The summed E-state index contributed by atoms with van der Waals surface area (Å²) in [7, 11) is 0. The first-order valence-corrected chi connectivity index (χ1v) is 15.5. The molecule has 1 amide bonds. The van der Waals surface area contributed by atoms with Crippen LogP contribution in [0.1, 0.15) is 90.1 Å². The number of fused-ring (bicyclic) bond motifs is 1. The molecule has 0 bridgehead atoms. The van der Waals surface area contributed by atoms with Gasteiger partial charge in [-0.05, 0) is 105 Å². The Labute approximate surface area is 280 Å². The van der Waals surface area contributed by atoms with Crippen LogP contribution >= 0.6 is 0 Å². The van der Waals surface area contributed by atoms with E-state index in [2.05, 4.69) is 15.3 Å². The van der Waals surface area contributed by atoms with E-state index in [1.54, 1.807) is 111 Å². The molecule has 254 valence electrons. The highest BCUT2D eigenvalue weighted by atomic mass is 16.6. The van der Waals surface area contributed by atoms with E-state index in [1.165, 1.54) is 17.7 Å². The van der Waals surface area contributed by atoms with Crippen molar-refractivity contribution in [1.29, 1.82) is 0 Å². The zero-order chi connectivity index (χ0) is 35.8. The number of nitrogens with zero attached hydrogens (tertiary/aromatic N) is 3. The first-order chi connectivity index (χ1) is 22.1. The lowest BCUT2D eigenvalue weighted by Gasteiger charge is -2.21. The average Bonchev–Trinajstić information content (AvgIpc) is 3.33. The van der Waals surface area contributed by atoms with Crippen LogP contribution in [0.25, 0.3) is 33.3 Å². The second-order valence-corrected chi connectivity index (χ2v) is 14.4. The molecule has 4 rings (SSSR count). The summed E-state index contributed by atoms with van der Waals surface area (Å²) in [5.41, 5.74) is 6.77. The zero-order valence-corrected chi connectivity index (χ0v) is 29.1. The number of carbonyl (C=O) groups excluding carboxylic acids is 4. The smallest absolute Gasteiger partial charge is 0.420 e. The first kappa shape index (κ1) is 35.6. The summed E-state index contributed by atoms with van der Waals surface area (Å²) in [5, 5.41) is 3.13. The Morgan fingerprint density at radius 1 is 0.792 bits per heavy atom. The number of esters is 1. The molecule has 0 saturated heterocycles. The minimum Gasteiger partial charge on any atom is -0.456 e. The van der Waals surface area contributed by atoms with Gasteiger partial charge in [0.05, 0.1) is 11.6 Å². The number of ether oxygens (including phenoxy) is 3. The molecule has 0 radical (unpaired) electrons. The molecule has 1 atom stereocenters. The summed E-state index contributed by atoms with van der Waals surface area (Å²) in [6.07, 6.45) is 1.77. The van der Waals surface area contributed by atoms with Gasteiger partial charge in [0.1, 0.15) is 34.0 Å². The molecular formula is C36H43N5O7. The van der Waals surface area contributed by atoms with Crippen LogP contribution in [0.2, 0.25) is 0 Å². The number of nitrogens with one attached hydrogen (secondary N) is 1. The van der Waals surface area contributed by atoms with E-state index in [4.69, 9.17) is 19.9 Å². The Bertz CT molecular complexity index is 1870. The van der Waals surface area contributed by atoms with Crippen molar-refractivity contribution in [2.75, 3.05) is 5.73 Å². The number of rotatable bonds is 6. The van der Waals surface area contributed by atoms with Gasteiger partial charge < -0.3 is 25.3 Å². The number of pyridine rings is 2. The number of anilines is 1. The second kappa shape index (κ2) is 13.1. The van der Waals surface area contributed by atoms with Gasteiger partial charge in [0.15, 0.2) is 0 Å². The molecule has 0 fully saturated rings. The van der Waals surface area contributed by atoms with E-state index in [0.717, 1.165) is 0 Å². The lowest BCUT2D eigenvalue weighted by Crippen LogP contribution is -2.42. The predicted molar refractivity (Wildman–Crippen MR) is 183 cm³/mol. The number of Topliss-reactive ketones (excluding diaryl/α,β-unsaturated/α-hetero) is 1. The molecule has 0 spiro atoms. The van der Waals surface area contributed by atoms with Crippen LogP contribution in [0, 0.1) is 0 Å². The fraction of sp³-hybridized carbons (Fsp3) is 0.389. The molecule has 12 heteroatoms. The lowest BCUT2D eigenvalue weighted by atomic mass is 9.98. The number of carbonyl (C=O) groups is 4. The molecule has 0 aliphatic rings. The quantitative estimate of drug-likeness (QED) is 0.123. The van der Waals surface area contributed by atoms with Gasteiger partial charge in [0.2, 0.25) is 5.78 Å². The van der Waals surface area contributed by atoms with Crippen molar-refractivity contribution in [3.05, 3.63) is 66.1 Å². The maximum atomic E-state index is 13.6. The number of ketones is 1. The Hall–Kier alpha value is -5.26. The Morgan fingerprint density at radius 3 is 1.98 bits per heavy atom. The number of amides is 1. The Kier molecular flexibility index (Phi) is 9.71. The normalized spacial score (nSPS) is 12.7. The number of aromatic nitrogens is 3. The minimum absolute atomic E-state index is 0.0227. The number of nitrogens with two attached hydrogens (primary N) is 1. The second-order valence-electron chi connectivity index (χ2n) is 14.4. The fourth-order valence-corrected chi connectivity index (χ4v) is 4.71. The molecule has 12 nitrogen and oxygen atoms in total. The SMILES string of the molecule is C[C@H](NC(=O)OC(C)(C)C)C(=O)c1nc(N)ccc1-c1cnc2c(c1)c(-c1ccc(C(=O)OC(C)(C)C)cc1)cn2C(=O)OC(C)(C)C. The number of benzene rings is 1. The van der Waals surface area contributed by atoms with E-state index in [9.17, 15) is 19.2 Å². The standard InChI is InChI=1S/C36H43N5O7/c1-20(39-32(44)47-35(5,6)7)29(42)28-24(15-16-27(37)40-28)23-17-25-26(19-41(30(25)38-18-23)33(45)48-36(8,9)10)21-11-13-22(14-12-21)31(43)46-34(2,3)4/h11-20H,1-10H3,(H2,37,40)(H,39,44)/t20-/m0/s1. The largest absolute Gasteiger partial charge is 0.456 e. The highest BCUT2D eigenvalue weighted by Crippen LogP contribution is 2.35. The molecule has 3 N–H and O–H groups in total. The van der Waals surface area contributed by atoms with Crippen molar-refractivity contribution in [2.24, 2.45) is 0 Å². The van der Waals surface area contributed by atoms with Gasteiger partial charge in [-0.1, -0.05) is 12.1 Å². The summed E-state index contributed by atoms with van der Waals surface area (Å²) in [6, 6.07) is 10.8. The Morgan fingerprint density at radius 2 is 1.40 bits per heavy atom. The molecule has 1 aromatic carbocycles. The number of hydrogen-bond donors (Lipinski definition) is 2. The molecular weight excluding hydrogens is 614 g/mol. The number of nitrogen functional groups attached to an aromatic ring is 1. The van der Waals surface area contributed by atoms with Gasteiger partial charge in [-0.15, -0.1) is 0 Å². The summed E-state index contributed by atoms with van der Waals surface area (Å²) in [6.45, 7) is 17.4. The minimum atomic E-state index is -0.989. The zero-order valence-electron chi connectivity index (χ0n) is 29.1. The third-order valence-corrected chi connectivity index (χ3v) is 6.65. The van der Waals surface area contributed by atoms with Crippen molar-refractivity contribution in [2.45, 2.75) is 92.1 Å². The van der Waals surface area contributed by atoms with Crippen molar-refractivity contribution in [1.82, 2.24) is 19.9 Å². The van der Waals surface area contributed by atoms with E-state index in [-0.39, 0.29) is 11.5 Å². The first-order valence-electron chi connectivity index (χ1n) is 15.5. The predicted octanol–water partition coefficient (Wildman–Crippen LogP) is 7.18. The summed E-state index contributed by atoms with van der Waals surface area (Å²) in [4.78, 5) is 60.9. The van der Waals surface area contributed by atoms with Gasteiger partial charge in [-0.25, -0.2) is 28.9 Å². The van der Waals surface area contributed by atoms with Crippen LogP contribution in [0.15, 0.2) is 54.9 Å². The van der Waals surface area contributed by atoms with Crippen LogP contribution in [0.4, 0.5) is 15.4 Å². The van der Waals surface area contributed by atoms with Gasteiger partial charge in [0, 0.05) is 34.5 Å². The van der Waals surface area contributed by atoms with Crippen molar-refractivity contribution < 1.29 is 33.4 Å². The molecule has 0 aliphatic carbocycles. The molecule has 0 aliphatic heterocycles.